The van der Waals surface area contributed by atoms with Gasteiger partial charge < -0.3 is 14.8 Å². The van der Waals surface area contributed by atoms with Crippen LogP contribution in [-0.4, -0.2) is 35.8 Å². The first-order chi connectivity index (χ1) is 13.5. The highest BCUT2D eigenvalue weighted by Gasteiger charge is 2.19. The standard InChI is InChI=1S/C20H21N3O4S/c1-4-27-20(25)17-10-7-15(11-21)19(23-17)28-13(2)18(24)22-12-14-5-8-16(26-3)9-6-14/h5-10,13H,4,12H2,1-3H3,(H,22,24). The summed E-state index contributed by atoms with van der Waals surface area (Å²) in [5.74, 6) is -0.0194. The van der Waals surface area contributed by atoms with Gasteiger partial charge in [-0.25, -0.2) is 9.78 Å². The maximum atomic E-state index is 12.4. The van der Waals surface area contributed by atoms with Gasteiger partial charge in [-0.2, -0.15) is 5.26 Å². The second-order valence-electron chi connectivity index (χ2n) is 5.71. The van der Waals surface area contributed by atoms with Gasteiger partial charge in [0.05, 0.1) is 24.5 Å². The van der Waals surface area contributed by atoms with E-state index in [1.165, 1.54) is 12.1 Å². The van der Waals surface area contributed by atoms with E-state index in [1.807, 2.05) is 30.3 Å². The number of methoxy groups -OCH3 is 1. The Hall–Kier alpha value is -3.05. The van der Waals surface area contributed by atoms with Crippen LogP contribution in [0.4, 0.5) is 0 Å². The van der Waals surface area contributed by atoms with Gasteiger partial charge in [-0.3, -0.25) is 4.79 Å². The number of carbonyl (C=O) groups is 2. The largest absolute Gasteiger partial charge is 0.497 e. The maximum absolute atomic E-state index is 12.4. The van der Waals surface area contributed by atoms with Gasteiger partial charge in [0.1, 0.15) is 22.5 Å². The van der Waals surface area contributed by atoms with Gasteiger partial charge >= 0.3 is 5.97 Å². The van der Waals surface area contributed by atoms with Crippen LogP contribution in [0.15, 0.2) is 41.4 Å². The van der Waals surface area contributed by atoms with E-state index in [1.54, 1.807) is 21.0 Å². The van der Waals surface area contributed by atoms with Crippen molar-refractivity contribution >= 4 is 23.6 Å². The monoisotopic (exact) mass is 399 g/mol. The Morgan fingerprint density at radius 1 is 1.25 bits per heavy atom. The van der Waals surface area contributed by atoms with Gasteiger partial charge in [0.15, 0.2) is 0 Å². The Morgan fingerprint density at radius 2 is 1.96 bits per heavy atom. The molecule has 1 heterocycles. The molecule has 1 aromatic carbocycles. The number of nitriles is 1. The zero-order chi connectivity index (χ0) is 20.5. The summed E-state index contributed by atoms with van der Waals surface area (Å²) < 4.78 is 10.0. The number of carbonyl (C=O) groups excluding carboxylic acids is 2. The number of hydrogen-bond acceptors (Lipinski definition) is 7. The number of ether oxygens (including phenoxy) is 2. The zero-order valence-electron chi connectivity index (χ0n) is 15.9. The van der Waals surface area contributed by atoms with Crippen molar-refractivity contribution in [1.82, 2.24) is 10.3 Å². The molecule has 1 amide bonds. The summed E-state index contributed by atoms with van der Waals surface area (Å²) in [6, 6.07) is 12.4. The topological polar surface area (TPSA) is 101 Å². The van der Waals surface area contributed by atoms with Crippen molar-refractivity contribution in [2.24, 2.45) is 0 Å². The van der Waals surface area contributed by atoms with Crippen LogP contribution >= 0.6 is 11.8 Å². The number of nitrogens with one attached hydrogen (secondary N) is 1. The summed E-state index contributed by atoms with van der Waals surface area (Å²) >= 11 is 1.12. The molecule has 0 radical (unpaired) electrons. The van der Waals surface area contributed by atoms with Gasteiger partial charge in [0, 0.05) is 6.54 Å². The predicted molar refractivity (Wildman–Crippen MR) is 105 cm³/mol. The number of aromatic nitrogens is 1. The van der Waals surface area contributed by atoms with Crippen molar-refractivity contribution in [3.8, 4) is 11.8 Å². The van der Waals surface area contributed by atoms with Crippen molar-refractivity contribution in [2.45, 2.75) is 30.7 Å². The molecule has 1 unspecified atom stereocenters. The molecular formula is C20H21N3O4S. The number of pyridine rings is 1. The SMILES string of the molecule is CCOC(=O)c1ccc(C#N)c(SC(C)C(=O)NCc2ccc(OC)cc2)n1. The Bertz CT molecular complexity index is 878. The minimum atomic E-state index is -0.564. The molecule has 1 aromatic heterocycles. The molecule has 7 nitrogen and oxygen atoms in total. The molecule has 2 rings (SSSR count). The quantitative estimate of drug-likeness (QED) is 0.538. The van der Waals surface area contributed by atoms with Gasteiger partial charge in [-0.05, 0) is 43.7 Å². The van der Waals surface area contributed by atoms with Crippen LogP contribution in [0.25, 0.3) is 0 Å². The maximum Gasteiger partial charge on any atom is 0.356 e. The van der Waals surface area contributed by atoms with Gasteiger partial charge in [-0.15, -0.1) is 0 Å². The number of thioether (sulfide) groups is 1. The molecule has 8 heteroatoms. The van der Waals surface area contributed by atoms with E-state index in [-0.39, 0.29) is 18.2 Å². The van der Waals surface area contributed by atoms with E-state index in [0.717, 1.165) is 23.1 Å². The van der Waals surface area contributed by atoms with E-state index < -0.39 is 11.2 Å². The summed E-state index contributed by atoms with van der Waals surface area (Å²) in [6.45, 7) is 4.02. The minimum absolute atomic E-state index is 0.106. The lowest BCUT2D eigenvalue weighted by Crippen LogP contribution is -2.30. The molecule has 1 N–H and O–H groups in total. The fraction of sp³-hybridized carbons (Fsp3) is 0.300. The minimum Gasteiger partial charge on any atom is -0.497 e. The van der Waals surface area contributed by atoms with Crippen LogP contribution in [0.2, 0.25) is 0 Å². The number of hydrogen-bond donors (Lipinski definition) is 1. The van der Waals surface area contributed by atoms with Crippen molar-refractivity contribution in [3.05, 3.63) is 53.2 Å². The molecule has 0 saturated carbocycles. The lowest BCUT2D eigenvalue weighted by Gasteiger charge is -2.13. The molecule has 0 aliphatic carbocycles. The first kappa shape index (κ1) is 21.3. The number of amides is 1. The molecule has 0 aliphatic rings. The normalized spacial score (nSPS) is 11.2. The van der Waals surface area contributed by atoms with Gasteiger partial charge in [-0.1, -0.05) is 23.9 Å². The van der Waals surface area contributed by atoms with Crippen LogP contribution in [-0.2, 0) is 16.1 Å². The Balaban J connectivity index is 2.02. The number of esters is 1. The van der Waals surface area contributed by atoms with Gasteiger partial charge in [0.2, 0.25) is 5.91 Å². The molecule has 0 bridgehead atoms. The highest BCUT2D eigenvalue weighted by Crippen LogP contribution is 2.25. The van der Waals surface area contributed by atoms with Crippen molar-refractivity contribution in [2.75, 3.05) is 13.7 Å². The number of rotatable bonds is 8. The van der Waals surface area contributed by atoms with E-state index in [0.29, 0.717) is 17.1 Å². The third kappa shape index (κ3) is 5.72. The third-order valence-electron chi connectivity index (χ3n) is 3.75. The van der Waals surface area contributed by atoms with Crippen molar-refractivity contribution in [3.63, 3.8) is 0 Å². The molecule has 0 saturated heterocycles. The van der Waals surface area contributed by atoms with E-state index in [9.17, 15) is 14.9 Å². The van der Waals surface area contributed by atoms with E-state index >= 15 is 0 Å². The second kappa shape index (κ2) is 10.3. The number of nitrogens with zero attached hydrogens (tertiary/aromatic N) is 2. The van der Waals surface area contributed by atoms with Crippen LogP contribution in [0.5, 0.6) is 5.75 Å². The van der Waals surface area contributed by atoms with E-state index in [2.05, 4.69) is 10.3 Å². The molecule has 1 atom stereocenters. The lowest BCUT2D eigenvalue weighted by molar-refractivity contribution is -0.120. The third-order valence-corrected chi connectivity index (χ3v) is 4.85. The predicted octanol–water partition coefficient (Wildman–Crippen LogP) is 2.94. The summed E-state index contributed by atoms with van der Waals surface area (Å²) in [6.07, 6.45) is 0. The molecule has 0 aliphatic heterocycles. The van der Waals surface area contributed by atoms with Crippen molar-refractivity contribution in [1.29, 1.82) is 5.26 Å². The van der Waals surface area contributed by atoms with Crippen LogP contribution in [0, 0.1) is 11.3 Å². The fourth-order valence-corrected chi connectivity index (χ4v) is 3.15. The molecule has 0 spiro atoms. The number of benzene rings is 1. The second-order valence-corrected chi connectivity index (χ2v) is 7.04. The highest BCUT2D eigenvalue weighted by molar-refractivity contribution is 8.00. The average Bonchev–Trinajstić information content (AvgIpc) is 2.72. The first-order valence-electron chi connectivity index (χ1n) is 8.64. The summed E-state index contributed by atoms with van der Waals surface area (Å²) in [7, 11) is 1.59. The Kier molecular flexibility index (Phi) is 7.84. The summed E-state index contributed by atoms with van der Waals surface area (Å²) in [4.78, 5) is 28.5. The molecule has 0 fully saturated rings. The van der Waals surface area contributed by atoms with Crippen LogP contribution < -0.4 is 10.1 Å². The zero-order valence-corrected chi connectivity index (χ0v) is 16.7. The molecule has 28 heavy (non-hydrogen) atoms. The van der Waals surface area contributed by atoms with Crippen LogP contribution in [0.3, 0.4) is 0 Å². The molecule has 146 valence electrons. The molecule has 2 aromatic rings. The smallest absolute Gasteiger partial charge is 0.356 e. The first-order valence-corrected chi connectivity index (χ1v) is 9.52. The summed E-state index contributed by atoms with van der Waals surface area (Å²) in [5.41, 5.74) is 1.34. The fourth-order valence-electron chi connectivity index (χ4n) is 2.23. The van der Waals surface area contributed by atoms with Gasteiger partial charge in [0.25, 0.3) is 0 Å². The average molecular weight is 399 g/mol. The van der Waals surface area contributed by atoms with E-state index in [4.69, 9.17) is 9.47 Å². The van der Waals surface area contributed by atoms with Crippen molar-refractivity contribution < 1.29 is 19.1 Å². The summed E-state index contributed by atoms with van der Waals surface area (Å²) in [5, 5.41) is 11.9. The Morgan fingerprint density at radius 3 is 2.57 bits per heavy atom. The Labute approximate surface area is 168 Å². The highest BCUT2D eigenvalue weighted by atomic mass is 32.2. The van der Waals surface area contributed by atoms with Crippen LogP contribution in [0.1, 0.15) is 35.5 Å². The molecular weight excluding hydrogens is 378 g/mol. The lowest BCUT2D eigenvalue weighted by atomic mass is 10.2.